The van der Waals surface area contributed by atoms with Crippen molar-refractivity contribution in [2.75, 3.05) is 17.2 Å². The topological polar surface area (TPSA) is 49.4 Å². The summed E-state index contributed by atoms with van der Waals surface area (Å²) in [5.74, 6) is -1.43. The monoisotopic (exact) mass is 454 g/mol. The van der Waals surface area contributed by atoms with Gasteiger partial charge in [0, 0.05) is 18.4 Å². The molecule has 0 spiro atoms. The minimum atomic E-state index is -0.648. The number of carbonyl (C=O) groups excluding carboxylic acids is 2. The van der Waals surface area contributed by atoms with Crippen LogP contribution in [0.25, 0.3) is 0 Å². The van der Waals surface area contributed by atoms with Crippen molar-refractivity contribution in [1.82, 2.24) is 5.32 Å². The summed E-state index contributed by atoms with van der Waals surface area (Å²) in [7, 11) is 0. The smallest absolute Gasteiger partial charge is 0.254 e. The van der Waals surface area contributed by atoms with E-state index in [9.17, 15) is 18.4 Å². The van der Waals surface area contributed by atoms with Gasteiger partial charge in [-0.05, 0) is 42.0 Å². The van der Waals surface area contributed by atoms with Gasteiger partial charge in [0.25, 0.3) is 5.91 Å². The Labute approximate surface area is 185 Å². The van der Waals surface area contributed by atoms with Crippen LogP contribution in [-0.4, -0.2) is 24.1 Å². The molecule has 0 saturated carbocycles. The van der Waals surface area contributed by atoms with E-state index in [0.29, 0.717) is 28.4 Å². The van der Waals surface area contributed by atoms with Gasteiger partial charge in [-0.25, -0.2) is 8.78 Å². The fourth-order valence-corrected chi connectivity index (χ4v) is 3.79. The lowest BCUT2D eigenvalue weighted by Gasteiger charge is -2.25. The summed E-state index contributed by atoms with van der Waals surface area (Å²) in [5.41, 5.74) is 0.805. The molecule has 0 aromatic heterocycles. The number of hydrogen-bond donors (Lipinski definition) is 1. The molecular formula is C22H25ClF2N2O2S. The second-order valence-electron chi connectivity index (χ2n) is 6.70. The fourth-order valence-electron chi connectivity index (χ4n) is 2.86. The number of amides is 2. The molecule has 0 bridgehead atoms. The Balaban J connectivity index is 2.46. The van der Waals surface area contributed by atoms with Gasteiger partial charge in [0.05, 0.1) is 22.8 Å². The number of nitrogens with one attached hydrogen (secondary N) is 1. The lowest BCUT2D eigenvalue weighted by atomic mass is 10.1. The summed E-state index contributed by atoms with van der Waals surface area (Å²) >= 11 is 7.10. The Morgan fingerprint density at radius 2 is 1.87 bits per heavy atom. The molecule has 0 radical (unpaired) electrons. The van der Waals surface area contributed by atoms with Crippen LogP contribution in [0.2, 0.25) is 5.02 Å². The third-order valence-corrected chi connectivity index (χ3v) is 5.64. The zero-order valence-electron chi connectivity index (χ0n) is 17.2. The second-order valence-corrected chi connectivity index (χ2v) is 8.41. The minimum absolute atomic E-state index is 0.0110. The number of anilines is 1. The predicted octanol–water partition coefficient (Wildman–Crippen LogP) is 5.81. The van der Waals surface area contributed by atoms with Gasteiger partial charge in [0.1, 0.15) is 11.6 Å². The molecule has 0 unspecified atom stereocenters. The number of halogens is 3. The number of benzene rings is 2. The summed E-state index contributed by atoms with van der Waals surface area (Å²) < 4.78 is 28.5. The van der Waals surface area contributed by atoms with Crippen LogP contribution < -0.4 is 10.2 Å². The largest absolute Gasteiger partial charge is 0.352 e. The summed E-state index contributed by atoms with van der Waals surface area (Å²) in [6.45, 7) is 5.77. The van der Waals surface area contributed by atoms with E-state index in [1.54, 1.807) is 6.07 Å². The lowest BCUT2D eigenvalue weighted by molar-refractivity contribution is -0.116. The molecule has 0 aliphatic heterocycles. The molecule has 4 nitrogen and oxygen atoms in total. The van der Waals surface area contributed by atoms with Crippen LogP contribution in [0.15, 0.2) is 35.2 Å². The average Bonchev–Trinajstić information content (AvgIpc) is 2.69. The molecule has 1 N–H and O–H groups in total. The van der Waals surface area contributed by atoms with E-state index in [1.807, 2.05) is 13.8 Å². The van der Waals surface area contributed by atoms with E-state index in [0.717, 1.165) is 12.8 Å². The van der Waals surface area contributed by atoms with Gasteiger partial charge in [0.2, 0.25) is 5.91 Å². The van der Waals surface area contributed by atoms with Crippen molar-refractivity contribution >= 4 is 40.9 Å². The summed E-state index contributed by atoms with van der Waals surface area (Å²) in [6, 6.07) is 6.96. The number of thioether (sulfide) groups is 1. The summed E-state index contributed by atoms with van der Waals surface area (Å²) in [4.78, 5) is 26.8. The highest BCUT2D eigenvalue weighted by molar-refractivity contribution is 7.99. The maximum atomic E-state index is 14.7. The first-order chi connectivity index (χ1) is 14.3. The number of hydrogen-bond acceptors (Lipinski definition) is 3. The quantitative estimate of drug-likeness (QED) is 0.384. The Morgan fingerprint density at radius 3 is 2.47 bits per heavy atom. The molecule has 0 heterocycles. The van der Waals surface area contributed by atoms with E-state index >= 15 is 0 Å². The molecule has 0 atom stereocenters. The highest BCUT2D eigenvalue weighted by atomic mass is 35.5. The van der Waals surface area contributed by atoms with Crippen LogP contribution in [0.5, 0.6) is 0 Å². The molecule has 2 rings (SSSR count). The fraction of sp³-hybridized carbons (Fsp3) is 0.364. The second kappa shape index (κ2) is 11.3. The van der Waals surface area contributed by atoms with Gasteiger partial charge in [-0.15, -0.1) is 11.8 Å². The zero-order chi connectivity index (χ0) is 22.3. The van der Waals surface area contributed by atoms with E-state index in [-0.39, 0.29) is 23.0 Å². The molecule has 8 heteroatoms. The first kappa shape index (κ1) is 24.2. The van der Waals surface area contributed by atoms with Crippen molar-refractivity contribution in [3.63, 3.8) is 0 Å². The van der Waals surface area contributed by atoms with Crippen LogP contribution in [0, 0.1) is 11.6 Å². The van der Waals surface area contributed by atoms with Crippen LogP contribution in [0.1, 0.15) is 49.5 Å². The van der Waals surface area contributed by atoms with Crippen LogP contribution >= 0.6 is 23.4 Å². The van der Waals surface area contributed by atoms with Gasteiger partial charge < -0.3 is 10.2 Å². The van der Waals surface area contributed by atoms with Gasteiger partial charge in [0.15, 0.2) is 0 Å². The van der Waals surface area contributed by atoms with E-state index in [1.165, 1.54) is 47.9 Å². The van der Waals surface area contributed by atoms with Gasteiger partial charge in [-0.3, -0.25) is 9.59 Å². The van der Waals surface area contributed by atoms with E-state index < -0.39 is 17.5 Å². The van der Waals surface area contributed by atoms with Crippen molar-refractivity contribution in [1.29, 1.82) is 0 Å². The third kappa shape index (κ3) is 6.19. The third-order valence-electron chi connectivity index (χ3n) is 4.40. The molecular weight excluding hydrogens is 430 g/mol. The molecule has 162 valence electrons. The number of nitrogens with zero attached hydrogens (tertiary/aromatic N) is 1. The highest BCUT2D eigenvalue weighted by Crippen LogP contribution is 2.34. The normalized spacial score (nSPS) is 10.7. The molecule has 2 aromatic rings. The zero-order valence-corrected chi connectivity index (χ0v) is 18.8. The number of carbonyl (C=O) groups is 2. The summed E-state index contributed by atoms with van der Waals surface area (Å²) in [5, 5.41) is 2.69. The molecule has 2 aromatic carbocycles. The van der Waals surface area contributed by atoms with Gasteiger partial charge in [-0.1, -0.05) is 37.9 Å². The molecule has 0 fully saturated rings. The maximum absolute atomic E-state index is 14.7. The van der Waals surface area contributed by atoms with Crippen molar-refractivity contribution in [3.05, 3.63) is 58.1 Å². The standard InChI is InChI=1S/C22H25ClF2N2O2S/c1-4-6-9-26-22(29)16-11-20(21(30-5-2)12-18(16)24)27(14(3)28)13-15-7-8-17(23)19(25)10-15/h7-8,10-12H,4-6,9,13H2,1-3H3,(H,26,29). The molecule has 0 aliphatic rings. The maximum Gasteiger partial charge on any atom is 0.254 e. The van der Waals surface area contributed by atoms with Crippen LogP contribution in [0.4, 0.5) is 14.5 Å². The lowest BCUT2D eigenvalue weighted by Crippen LogP contribution is -2.30. The SMILES string of the molecule is CCCCNC(=O)c1cc(N(Cc2ccc(Cl)c(F)c2)C(C)=O)c(SCC)cc1F. The highest BCUT2D eigenvalue weighted by Gasteiger charge is 2.22. The Bertz CT molecular complexity index is 924. The van der Waals surface area contributed by atoms with E-state index in [2.05, 4.69) is 5.32 Å². The van der Waals surface area contributed by atoms with Crippen LogP contribution in [0.3, 0.4) is 0 Å². The first-order valence-electron chi connectivity index (χ1n) is 9.75. The Hall–Kier alpha value is -2.12. The first-order valence-corrected chi connectivity index (χ1v) is 11.1. The number of unbranched alkanes of at least 4 members (excludes halogenated alkanes) is 1. The molecule has 30 heavy (non-hydrogen) atoms. The summed E-state index contributed by atoms with van der Waals surface area (Å²) in [6.07, 6.45) is 1.68. The van der Waals surface area contributed by atoms with Crippen molar-refractivity contribution in [3.8, 4) is 0 Å². The van der Waals surface area contributed by atoms with Crippen molar-refractivity contribution in [2.24, 2.45) is 0 Å². The van der Waals surface area contributed by atoms with Crippen molar-refractivity contribution in [2.45, 2.75) is 45.1 Å². The van der Waals surface area contributed by atoms with E-state index in [4.69, 9.17) is 11.6 Å². The minimum Gasteiger partial charge on any atom is -0.352 e. The Kier molecular flexibility index (Phi) is 9.11. The average molecular weight is 455 g/mol. The van der Waals surface area contributed by atoms with Gasteiger partial charge >= 0.3 is 0 Å². The number of rotatable bonds is 9. The predicted molar refractivity (Wildman–Crippen MR) is 118 cm³/mol. The molecule has 0 aliphatic carbocycles. The van der Waals surface area contributed by atoms with Gasteiger partial charge in [-0.2, -0.15) is 0 Å². The molecule has 0 saturated heterocycles. The van der Waals surface area contributed by atoms with Crippen LogP contribution in [-0.2, 0) is 11.3 Å². The van der Waals surface area contributed by atoms with Crippen molar-refractivity contribution < 1.29 is 18.4 Å². The Morgan fingerprint density at radius 1 is 1.13 bits per heavy atom. The molecule has 2 amide bonds.